The van der Waals surface area contributed by atoms with E-state index in [1.165, 1.54) is 5.56 Å². The van der Waals surface area contributed by atoms with Crippen molar-refractivity contribution in [2.75, 3.05) is 20.6 Å². The average molecular weight is 431 g/mol. The number of likely N-dealkylation sites (N-methyl/N-ethyl adjacent to an activating group) is 1. The average Bonchev–Trinajstić information content (AvgIpc) is 3.21. The van der Waals surface area contributed by atoms with Gasteiger partial charge in [0.05, 0.1) is 17.1 Å². The molecule has 1 heterocycles. The van der Waals surface area contributed by atoms with Crippen molar-refractivity contribution in [2.45, 2.75) is 17.0 Å². The summed E-state index contributed by atoms with van der Waals surface area (Å²) in [5, 5.41) is 3.98. The summed E-state index contributed by atoms with van der Waals surface area (Å²) in [6, 6.07) is 26.1. The predicted octanol–water partition coefficient (Wildman–Crippen LogP) is 4.89. The Hall–Kier alpha value is -3.09. The molecule has 0 spiro atoms. The Morgan fingerprint density at radius 1 is 1.00 bits per heavy atom. The zero-order valence-corrected chi connectivity index (χ0v) is 18.5. The first-order chi connectivity index (χ1) is 15.1. The number of imidazole rings is 1. The molecule has 0 aliphatic heterocycles. The fourth-order valence-electron chi connectivity index (χ4n) is 3.57. The van der Waals surface area contributed by atoms with Crippen LogP contribution in [0.25, 0.3) is 11.0 Å². The van der Waals surface area contributed by atoms with E-state index in [4.69, 9.17) is 0 Å². The number of benzene rings is 3. The molecule has 4 rings (SSSR count). The van der Waals surface area contributed by atoms with E-state index in [2.05, 4.69) is 32.3 Å². The van der Waals surface area contributed by atoms with Gasteiger partial charge in [-0.15, -0.1) is 0 Å². The van der Waals surface area contributed by atoms with E-state index >= 15 is 0 Å². The minimum atomic E-state index is -0.0522. The topological polar surface area (TPSA) is 61.0 Å². The molecule has 0 aliphatic rings. The van der Waals surface area contributed by atoms with Crippen molar-refractivity contribution in [1.29, 1.82) is 0 Å². The third-order valence-corrected chi connectivity index (χ3v) is 6.18. The Morgan fingerprint density at radius 3 is 2.48 bits per heavy atom. The van der Waals surface area contributed by atoms with E-state index in [0.717, 1.165) is 21.8 Å². The van der Waals surface area contributed by atoms with Crippen LogP contribution in [0.4, 0.5) is 0 Å². The lowest BCUT2D eigenvalue weighted by Gasteiger charge is -2.25. The molecule has 2 N–H and O–H groups in total. The standard InChI is InChI=1S/C25H26N4OS/c1-29(2)23(18-10-4-3-5-11-18)16-26-24(30)20-13-7-6-12-19(20)17-31-25-27-21-14-8-9-15-22(21)28-25/h3-15,23H,16-17H2,1-2H3,(H,26,30)(H,27,28). The first-order valence-corrected chi connectivity index (χ1v) is 11.3. The largest absolute Gasteiger partial charge is 0.350 e. The number of amides is 1. The van der Waals surface area contributed by atoms with Crippen molar-refractivity contribution in [3.63, 3.8) is 0 Å². The molecule has 1 unspecified atom stereocenters. The number of carbonyl (C=O) groups is 1. The zero-order valence-electron chi connectivity index (χ0n) is 17.7. The summed E-state index contributed by atoms with van der Waals surface area (Å²) < 4.78 is 0. The van der Waals surface area contributed by atoms with Crippen LogP contribution in [0.3, 0.4) is 0 Å². The minimum Gasteiger partial charge on any atom is -0.350 e. The van der Waals surface area contributed by atoms with Crippen LogP contribution in [0.2, 0.25) is 0 Å². The van der Waals surface area contributed by atoms with Gasteiger partial charge >= 0.3 is 0 Å². The maximum Gasteiger partial charge on any atom is 0.251 e. The molecule has 1 atom stereocenters. The van der Waals surface area contributed by atoms with Crippen molar-refractivity contribution in [3.8, 4) is 0 Å². The summed E-state index contributed by atoms with van der Waals surface area (Å²) in [4.78, 5) is 23.1. The van der Waals surface area contributed by atoms with Gasteiger partial charge in [-0.3, -0.25) is 4.79 Å². The maximum atomic E-state index is 13.0. The molecule has 0 saturated heterocycles. The summed E-state index contributed by atoms with van der Waals surface area (Å²) in [6.07, 6.45) is 0. The van der Waals surface area contributed by atoms with Crippen molar-refractivity contribution >= 4 is 28.7 Å². The van der Waals surface area contributed by atoms with Crippen LogP contribution in [0.5, 0.6) is 0 Å². The fourth-order valence-corrected chi connectivity index (χ4v) is 4.46. The molecule has 158 valence electrons. The Labute approximate surface area is 186 Å². The molecular formula is C25H26N4OS. The van der Waals surface area contributed by atoms with Crippen LogP contribution in [-0.4, -0.2) is 41.4 Å². The van der Waals surface area contributed by atoms with Crippen LogP contribution < -0.4 is 5.32 Å². The van der Waals surface area contributed by atoms with E-state index < -0.39 is 0 Å². The number of hydrogen-bond donors (Lipinski definition) is 2. The normalized spacial score (nSPS) is 12.2. The Morgan fingerprint density at radius 2 is 1.71 bits per heavy atom. The highest BCUT2D eigenvalue weighted by molar-refractivity contribution is 7.98. The third-order valence-electron chi connectivity index (χ3n) is 5.26. The van der Waals surface area contributed by atoms with Gasteiger partial charge in [0.15, 0.2) is 5.16 Å². The van der Waals surface area contributed by atoms with Crippen LogP contribution in [0, 0.1) is 0 Å². The predicted molar refractivity (Wildman–Crippen MR) is 127 cm³/mol. The molecule has 0 saturated carbocycles. The number of nitrogens with one attached hydrogen (secondary N) is 2. The van der Waals surface area contributed by atoms with Gasteiger partial charge in [0.25, 0.3) is 5.91 Å². The molecule has 3 aromatic carbocycles. The summed E-state index contributed by atoms with van der Waals surface area (Å²) >= 11 is 1.60. The van der Waals surface area contributed by atoms with Crippen LogP contribution >= 0.6 is 11.8 Å². The van der Waals surface area contributed by atoms with Gasteiger partial charge in [-0.25, -0.2) is 4.98 Å². The second-order valence-corrected chi connectivity index (χ2v) is 8.57. The van der Waals surface area contributed by atoms with E-state index in [0.29, 0.717) is 17.9 Å². The maximum absolute atomic E-state index is 13.0. The number of hydrogen-bond acceptors (Lipinski definition) is 4. The van der Waals surface area contributed by atoms with Gasteiger partial charge in [0.1, 0.15) is 0 Å². The van der Waals surface area contributed by atoms with E-state index in [1.54, 1.807) is 11.8 Å². The molecule has 5 nitrogen and oxygen atoms in total. The number of fused-ring (bicyclic) bond motifs is 1. The van der Waals surface area contributed by atoms with Crippen molar-refractivity contribution in [3.05, 3.63) is 95.6 Å². The monoisotopic (exact) mass is 430 g/mol. The summed E-state index contributed by atoms with van der Waals surface area (Å²) in [5.74, 6) is 0.614. The van der Waals surface area contributed by atoms with Crippen molar-refractivity contribution in [2.24, 2.45) is 0 Å². The second kappa shape index (κ2) is 9.81. The van der Waals surface area contributed by atoms with Crippen molar-refractivity contribution < 1.29 is 4.79 Å². The first-order valence-electron chi connectivity index (χ1n) is 10.3. The Bertz CT molecular complexity index is 1120. The second-order valence-electron chi connectivity index (χ2n) is 7.61. The zero-order chi connectivity index (χ0) is 21.6. The number of aromatic amines is 1. The Balaban J connectivity index is 1.44. The molecule has 4 aromatic rings. The summed E-state index contributed by atoms with van der Waals surface area (Å²) in [6.45, 7) is 0.543. The molecule has 0 radical (unpaired) electrons. The van der Waals surface area contributed by atoms with E-state index in [9.17, 15) is 4.79 Å². The number of para-hydroxylation sites is 2. The molecular weight excluding hydrogens is 404 g/mol. The number of nitrogens with zero attached hydrogens (tertiary/aromatic N) is 2. The van der Waals surface area contributed by atoms with Gasteiger partial charge < -0.3 is 15.2 Å². The molecule has 31 heavy (non-hydrogen) atoms. The highest BCUT2D eigenvalue weighted by atomic mass is 32.2. The molecule has 0 fully saturated rings. The fraction of sp³-hybridized carbons (Fsp3) is 0.200. The number of rotatable bonds is 8. The number of carbonyl (C=O) groups excluding carboxylic acids is 1. The number of thioether (sulfide) groups is 1. The minimum absolute atomic E-state index is 0.0522. The molecule has 1 aromatic heterocycles. The number of H-pyrrole nitrogens is 1. The number of aromatic nitrogens is 2. The van der Waals surface area contributed by atoms with Gasteiger partial charge in [-0.1, -0.05) is 72.4 Å². The lowest BCUT2D eigenvalue weighted by atomic mass is 10.1. The smallest absolute Gasteiger partial charge is 0.251 e. The Kier molecular flexibility index (Phi) is 6.70. The SMILES string of the molecule is CN(C)C(CNC(=O)c1ccccc1CSc1nc2ccccc2[nH]1)c1ccccc1. The molecule has 0 bridgehead atoms. The van der Waals surface area contributed by atoms with E-state index in [1.807, 2.05) is 80.8 Å². The van der Waals surface area contributed by atoms with Crippen LogP contribution in [0.1, 0.15) is 27.5 Å². The molecule has 1 amide bonds. The van der Waals surface area contributed by atoms with Gasteiger partial charge in [0, 0.05) is 17.9 Å². The first kappa shape index (κ1) is 21.2. The van der Waals surface area contributed by atoms with Crippen LogP contribution in [0.15, 0.2) is 84.0 Å². The van der Waals surface area contributed by atoms with Gasteiger partial charge in [-0.05, 0) is 43.4 Å². The highest BCUT2D eigenvalue weighted by Crippen LogP contribution is 2.25. The lowest BCUT2D eigenvalue weighted by molar-refractivity contribution is 0.0941. The van der Waals surface area contributed by atoms with E-state index in [-0.39, 0.29) is 11.9 Å². The summed E-state index contributed by atoms with van der Waals surface area (Å²) in [7, 11) is 4.06. The highest BCUT2D eigenvalue weighted by Gasteiger charge is 2.17. The lowest BCUT2D eigenvalue weighted by Crippen LogP contribution is -2.34. The molecule has 0 aliphatic carbocycles. The van der Waals surface area contributed by atoms with Gasteiger partial charge in [0.2, 0.25) is 0 Å². The van der Waals surface area contributed by atoms with Crippen LogP contribution in [-0.2, 0) is 5.75 Å². The quantitative estimate of drug-likeness (QED) is 0.391. The van der Waals surface area contributed by atoms with Gasteiger partial charge in [-0.2, -0.15) is 0 Å². The summed E-state index contributed by atoms with van der Waals surface area (Å²) in [5.41, 5.74) is 4.85. The molecule has 6 heteroatoms. The third kappa shape index (κ3) is 5.16. The van der Waals surface area contributed by atoms with Crippen molar-refractivity contribution in [1.82, 2.24) is 20.2 Å².